The second-order valence-corrected chi connectivity index (χ2v) is 6.07. The van der Waals surface area contributed by atoms with Gasteiger partial charge in [0.2, 0.25) is 11.8 Å². The lowest BCUT2D eigenvalue weighted by molar-refractivity contribution is -0.143. The normalized spacial score (nSPS) is 26.9. The molecule has 0 aromatic rings. The van der Waals surface area contributed by atoms with E-state index in [4.69, 9.17) is 0 Å². The van der Waals surface area contributed by atoms with Crippen LogP contribution in [0.2, 0.25) is 0 Å². The molecule has 2 bridgehead atoms. The van der Waals surface area contributed by atoms with Crippen molar-refractivity contribution in [1.29, 1.82) is 0 Å². The van der Waals surface area contributed by atoms with E-state index in [9.17, 15) is 19.5 Å². The van der Waals surface area contributed by atoms with Crippen molar-refractivity contribution in [1.82, 2.24) is 10.2 Å². The fourth-order valence-corrected chi connectivity index (χ4v) is 3.61. The van der Waals surface area contributed by atoms with E-state index >= 15 is 0 Å². The fraction of sp³-hybridized carbons (Fsp3) is 0.800. The van der Waals surface area contributed by atoms with Crippen LogP contribution in [-0.2, 0) is 14.4 Å². The van der Waals surface area contributed by atoms with Gasteiger partial charge in [0.1, 0.15) is 0 Å². The van der Waals surface area contributed by atoms with Crippen LogP contribution >= 0.6 is 0 Å². The second kappa shape index (κ2) is 6.91. The first kappa shape index (κ1) is 15.8. The average Bonchev–Trinajstić information content (AvgIpc) is 2.99. The van der Waals surface area contributed by atoms with Gasteiger partial charge in [0.05, 0.1) is 5.92 Å². The molecular formula is C15H24N2O4. The number of hydrogen-bond acceptors (Lipinski definition) is 3. The van der Waals surface area contributed by atoms with Gasteiger partial charge in [-0.1, -0.05) is 6.42 Å². The number of carbonyl (C=O) groups excluding carboxylic acids is 2. The third-order valence-corrected chi connectivity index (χ3v) is 4.58. The number of rotatable bonds is 7. The fourth-order valence-electron chi connectivity index (χ4n) is 3.61. The minimum Gasteiger partial charge on any atom is -0.481 e. The van der Waals surface area contributed by atoms with Gasteiger partial charge in [-0.3, -0.25) is 14.4 Å². The highest BCUT2D eigenvalue weighted by Crippen LogP contribution is 2.42. The van der Waals surface area contributed by atoms with E-state index in [0.717, 1.165) is 32.1 Å². The number of hydrogen-bond donors (Lipinski definition) is 2. The molecule has 6 heteroatoms. The largest absolute Gasteiger partial charge is 0.481 e. The van der Waals surface area contributed by atoms with Crippen LogP contribution in [0.15, 0.2) is 0 Å². The number of carbonyl (C=O) groups is 3. The molecule has 0 radical (unpaired) electrons. The predicted molar refractivity (Wildman–Crippen MR) is 76.6 cm³/mol. The summed E-state index contributed by atoms with van der Waals surface area (Å²) in [5.74, 6) is -1.06. The summed E-state index contributed by atoms with van der Waals surface area (Å²) in [6, 6.07) is 0.0577. The highest BCUT2D eigenvalue weighted by molar-refractivity contribution is 5.80. The van der Waals surface area contributed by atoms with Gasteiger partial charge in [-0.2, -0.15) is 0 Å². The number of amides is 2. The third-order valence-electron chi connectivity index (χ3n) is 4.58. The lowest BCUT2D eigenvalue weighted by Gasteiger charge is -2.23. The van der Waals surface area contributed by atoms with Gasteiger partial charge in [-0.25, -0.2) is 0 Å². The van der Waals surface area contributed by atoms with Crippen LogP contribution in [-0.4, -0.2) is 46.4 Å². The van der Waals surface area contributed by atoms with E-state index < -0.39 is 5.97 Å². The molecule has 0 saturated carbocycles. The van der Waals surface area contributed by atoms with Gasteiger partial charge < -0.3 is 15.3 Å². The van der Waals surface area contributed by atoms with Crippen molar-refractivity contribution in [2.75, 3.05) is 6.54 Å². The summed E-state index contributed by atoms with van der Waals surface area (Å²) in [5.41, 5.74) is 0. The predicted octanol–water partition coefficient (Wildman–Crippen LogP) is 1.15. The Kier molecular flexibility index (Phi) is 5.20. The number of carboxylic acid groups (broad SMARTS) is 1. The van der Waals surface area contributed by atoms with Crippen LogP contribution in [0.1, 0.15) is 51.9 Å². The Labute approximate surface area is 124 Å². The summed E-state index contributed by atoms with van der Waals surface area (Å²) in [6.07, 6.45) is 5.45. The van der Waals surface area contributed by atoms with Crippen molar-refractivity contribution in [2.45, 2.75) is 64.0 Å². The number of nitrogens with zero attached hydrogens (tertiary/aromatic N) is 1. The number of nitrogens with one attached hydrogen (secondary N) is 1. The minimum atomic E-state index is -0.768. The Balaban J connectivity index is 1.70. The van der Waals surface area contributed by atoms with Crippen LogP contribution in [0.5, 0.6) is 0 Å². The standard InChI is InChI=1S/C15H24N2O4/c1-10(18)16-8-4-2-3-5-14(19)17-11-6-7-13(17)12(9-11)15(20)21/h11-13H,2-9H2,1H3,(H,16,18)(H,20,21). The number of carboxylic acids is 1. The number of unbranched alkanes of at least 4 members (excludes halogenated alkanes) is 2. The highest BCUT2D eigenvalue weighted by Gasteiger charge is 2.50. The van der Waals surface area contributed by atoms with Crippen LogP contribution in [0.3, 0.4) is 0 Å². The molecule has 2 rings (SSSR count). The molecule has 2 amide bonds. The maximum absolute atomic E-state index is 12.3. The lowest BCUT2D eigenvalue weighted by atomic mass is 9.89. The summed E-state index contributed by atoms with van der Waals surface area (Å²) in [7, 11) is 0. The van der Waals surface area contributed by atoms with E-state index in [1.54, 1.807) is 0 Å². The molecule has 3 atom stereocenters. The summed E-state index contributed by atoms with van der Waals surface area (Å²) in [4.78, 5) is 36.0. The molecule has 6 nitrogen and oxygen atoms in total. The monoisotopic (exact) mass is 296 g/mol. The molecule has 0 spiro atoms. The molecule has 118 valence electrons. The average molecular weight is 296 g/mol. The molecule has 21 heavy (non-hydrogen) atoms. The molecule has 2 heterocycles. The van der Waals surface area contributed by atoms with Gasteiger partial charge in [0, 0.05) is 32.0 Å². The SMILES string of the molecule is CC(=O)NCCCCCC(=O)N1C2CCC1C(C(=O)O)C2. The molecule has 0 aromatic heterocycles. The van der Waals surface area contributed by atoms with Crippen molar-refractivity contribution in [3.8, 4) is 0 Å². The smallest absolute Gasteiger partial charge is 0.308 e. The van der Waals surface area contributed by atoms with Crippen LogP contribution in [0, 0.1) is 5.92 Å². The Morgan fingerprint density at radius 3 is 2.57 bits per heavy atom. The van der Waals surface area contributed by atoms with E-state index in [1.165, 1.54) is 6.92 Å². The molecule has 0 aliphatic carbocycles. The maximum Gasteiger partial charge on any atom is 0.308 e. The van der Waals surface area contributed by atoms with Crippen molar-refractivity contribution in [2.24, 2.45) is 5.92 Å². The highest BCUT2D eigenvalue weighted by atomic mass is 16.4. The number of fused-ring (bicyclic) bond motifs is 2. The van der Waals surface area contributed by atoms with Crippen molar-refractivity contribution < 1.29 is 19.5 Å². The molecule has 3 unspecified atom stereocenters. The van der Waals surface area contributed by atoms with Crippen molar-refractivity contribution >= 4 is 17.8 Å². The summed E-state index contributed by atoms with van der Waals surface area (Å²) in [5, 5.41) is 11.9. The van der Waals surface area contributed by atoms with Gasteiger partial charge >= 0.3 is 5.97 Å². The lowest BCUT2D eigenvalue weighted by Crippen LogP contribution is -2.37. The van der Waals surface area contributed by atoms with Gasteiger partial charge in [-0.05, 0) is 32.1 Å². The van der Waals surface area contributed by atoms with Gasteiger partial charge in [0.25, 0.3) is 0 Å². The molecule has 0 aromatic carbocycles. The molecule has 2 N–H and O–H groups in total. The van der Waals surface area contributed by atoms with Crippen LogP contribution in [0.25, 0.3) is 0 Å². The van der Waals surface area contributed by atoms with Crippen molar-refractivity contribution in [3.63, 3.8) is 0 Å². The Bertz CT molecular complexity index is 424. The third kappa shape index (κ3) is 3.74. The Hall–Kier alpha value is -1.59. The van der Waals surface area contributed by atoms with E-state index in [-0.39, 0.29) is 29.8 Å². The zero-order valence-electron chi connectivity index (χ0n) is 12.5. The molecule has 2 fully saturated rings. The topological polar surface area (TPSA) is 86.7 Å². The first-order valence-corrected chi connectivity index (χ1v) is 7.79. The Morgan fingerprint density at radius 2 is 1.95 bits per heavy atom. The van der Waals surface area contributed by atoms with E-state index in [2.05, 4.69) is 5.32 Å². The van der Waals surface area contributed by atoms with E-state index in [0.29, 0.717) is 19.4 Å². The number of aliphatic carboxylic acids is 1. The zero-order valence-corrected chi connectivity index (χ0v) is 12.5. The summed E-state index contributed by atoms with van der Waals surface area (Å²) >= 11 is 0. The molecule has 2 aliphatic heterocycles. The zero-order chi connectivity index (χ0) is 15.4. The van der Waals surface area contributed by atoms with Crippen molar-refractivity contribution in [3.05, 3.63) is 0 Å². The Morgan fingerprint density at radius 1 is 1.19 bits per heavy atom. The first-order chi connectivity index (χ1) is 10.0. The first-order valence-electron chi connectivity index (χ1n) is 7.79. The summed E-state index contributed by atoms with van der Waals surface area (Å²) in [6.45, 7) is 2.14. The summed E-state index contributed by atoms with van der Waals surface area (Å²) < 4.78 is 0. The quantitative estimate of drug-likeness (QED) is 0.690. The molecule has 2 saturated heterocycles. The van der Waals surface area contributed by atoms with E-state index in [1.807, 2.05) is 4.90 Å². The van der Waals surface area contributed by atoms with Crippen LogP contribution in [0.4, 0.5) is 0 Å². The second-order valence-electron chi connectivity index (χ2n) is 6.07. The van der Waals surface area contributed by atoms with Crippen LogP contribution < -0.4 is 5.32 Å². The van der Waals surface area contributed by atoms with Gasteiger partial charge in [-0.15, -0.1) is 0 Å². The van der Waals surface area contributed by atoms with Gasteiger partial charge in [0.15, 0.2) is 0 Å². The maximum atomic E-state index is 12.3. The molecule has 2 aliphatic rings. The minimum absolute atomic E-state index is 0.0283. The molecular weight excluding hydrogens is 272 g/mol.